The molecule has 2 aliphatic carbocycles. The van der Waals surface area contributed by atoms with Crippen LogP contribution in [0.1, 0.15) is 102 Å². The Labute approximate surface area is 654 Å². The zero-order valence-corrected chi connectivity index (χ0v) is 63.6. The summed E-state index contributed by atoms with van der Waals surface area (Å²) in [6.07, 6.45) is 15.9. The van der Waals surface area contributed by atoms with Gasteiger partial charge in [0.2, 0.25) is 0 Å². The van der Waals surface area contributed by atoms with Crippen molar-refractivity contribution < 1.29 is 40.2 Å². The number of benzene rings is 11. The number of nitrogens with zero attached hydrogens (tertiary/aromatic N) is 7. The van der Waals surface area contributed by atoms with E-state index in [-0.39, 0.29) is 58.0 Å². The summed E-state index contributed by atoms with van der Waals surface area (Å²) in [5.41, 5.74) is 29.0. The maximum Gasteiger partial charge on any atom is 3.00 e. The number of fused-ring (bicyclic) bond motifs is 1. The van der Waals surface area contributed by atoms with E-state index in [1.807, 2.05) is 122 Å². The Morgan fingerprint density at radius 2 is 0.533 bits per heavy atom. The number of hydrogen-bond donors (Lipinski definition) is 0. The fraction of sp³-hybridized carbons (Fsp3) is 0.122. The monoisotopic (exact) mass is 1730 g/mol. The molecule has 0 saturated heterocycles. The predicted molar refractivity (Wildman–Crippen MR) is 424 cm³/mol. The molecule has 7 nitrogen and oxygen atoms in total. The van der Waals surface area contributed by atoms with Crippen LogP contribution in [0.15, 0.2) is 328 Å². The molecule has 16 aromatic rings. The summed E-state index contributed by atoms with van der Waals surface area (Å²) in [7, 11) is 0. The number of pyridine rings is 4. The van der Waals surface area contributed by atoms with Gasteiger partial charge in [-0.15, -0.1) is 149 Å². The summed E-state index contributed by atoms with van der Waals surface area (Å²) < 4.78 is 0. The third-order valence-corrected chi connectivity index (χ3v) is 21.1. The molecule has 0 bridgehead atoms. The summed E-state index contributed by atoms with van der Waals surface area (Å²) in [5.74, 6) is 1.84. The number of hydrogen-bond acceptors (Lipinski definition) is 6. The summed E-state index contributed by atoms with van der Waals surface area (Å²) in [6.45, 7) is 0. The SMILES string of the molecule is [Ir+3].[Ir+3].[c-]1cc(-c2ccccc2C2CC(c3ccccc3-c3ccc(-c4[c-]cccc4)nc3)CC(c3ccccc3-c3ccc(-c4[c-]cccc4)nc3)C2)c[c-]c1-n1nc2ccccc2n1.[c-]1ccccc1-c1ccc(-c2ccccc2C2CCCC(c3ccccc3-c3ccc(-c4[c-]cccc4)nc3)C2)cn1. The minimum Gasteiger partial charge on any atom is -0.330 e. The van der Waals surface area contributed by atoms with Crippen LogP contribution in [-0.2, 0) is 40.2 Å². The van der Waals surface area contributed by atoms with Crippen molar-refractivity contribution in [2.45, 2.75) is 74.5 Å². The molecule has 0 spiro atoms. The van der Waals surface area contributed by atoms with Gasteiger partial charge < -0.3 is 32.1 Å². The minimum atomic E-state index is 0. The van der Waals surface area contributed by atoms with Crippen LogP contribution >= 0.6 is 0 Å². The van der Waals surface area contributed by atoms with Crippen LogP contribution in [0.3, 0.4) is 0 Å². The molecule has 18 rings (SSSR count). The Morgan fingerprint density at radius 1 is 0.262 bits per heavy atom. The second-order valence-electron chi connectivity index (χ2n) is 27.5. The molecular formula is C98H73Ir2N7. The third-order valence-electron chi connectivity index (χ3n) is 21.1. The number of rotatable bonds is 15. The molecule has 518 valence electrons. The molecule has 0 amide bonds. The van der Waals surface area contributed by atoms with E-state index in [0.29, 0.717) is 17.5 Å². The van der Waals surface area contributed by atoms with E-state index < -0.39 is 0 Å². The fourth-order valence-corrected chi connectivity index (χ4v) is 16.1. The van der Waals surface area contributed by atoms with Gasteiger partial charge >= 0.3 is 40.2 Å². The van der Waals surface area contributed by atoms with Crippen LogP contribution in [-0.4, -0.2) is 34.9 Å². The van der Waals surface area contributed by atoms with Gasteiger partial charge in [-0.3, -0.25) is 12.1 Å². The van der Waals surface area contributed by atoms with Gasteiger partial charge in [-0.2, -0.15) is 20.7 Å². The van der Waals surface area contributed by atoms with Crippen molar-refractivity contribution in [2.75, 3.05) is 0 Å². The van der Waals surface area contributed by atoms with E-state index in [2.05, 4.69) is 253 Å². The van der Waals surface area contributed by atoms with Crippen LogP contribution < -0.4 is 0 Å². The number of aromatic nitrogens is 7. The molecule has 4 unspecified atom stereocenters. The molecule has 2 aliphatic rings. The smallest absolute Gasteiger partial charge is 0.330 e. The molecule has 107 heavy (non-hydrogen) atoms. The molecule has 4 atom stereocenters. The molecule has 2 saturated carbocycles. The third kappa shape index (κ3) is 15.8. The Balaban J connectivity index is 0.000000181. The average molecular weight is 1730 g/mol. The molecule has 11 aromatic carbocycles. The maximum absolute atomic E-state index is 4.93. The van der Waals surface area contributed by atoms with E-state index in [0.717, 1.165) is 98.4 Å². The average Bonchev–Trinajstić information content (AvgIpc) is 1.08. The first kappa shape index (κ1) is 71.3. The normalized spacial score (nSPS) is 16.1. The first-order valence-electron chi connectivity index (χ1n) is 36.5. The van der Waals surface area contributed by atoms with Crippen molar-refractivity contribution >= 4 is 11.0 Å². The minimum absolute atomic E-state index is 0. The first-order valence-corrected chi connectivity index (χ1v) is 36.5. The van der Waals surface area contributed by atoms with Gasteiger partial charge in [-0.05, 0) is 170 Å². The Kier molecular flexibility index (Phi) is 22.3. The van der Waals surface area contributed by atoms with Crippen molar-refractivity contribution in [1.82, 2.24) is 34.9 Å². The van der Waals surface area contributed by atoms with Gasteiger partial charge in [0.05, 0.1) is 0 Å². The topological polar surface area (TPSA) is 82.3 Å². The molecule has 0 radical (unpaired) electrons. The van der Waals surface area contributed by atoms with E-state index in [9.17, 15) is 0 Å². The van der Waals surface area contributed by atoms with Crippen LogP contribution in [0.2, 0.25) is 0 Å². The molecule has 5 heterocycles. The zero-order chi connectivity index (χ0) is 70.1. The van der Waals surface area contributed by atoms with E-state index in [1.54, 1.807) is 4.80 Å². The molecule has 5 aromatic heterocycles. The van der Waals surface area contributed by atoms with Crippen molar-refractivity contribution in [2.24, 2.45) is 0 Å². The Bertz CT molecular complexity index is 5280. The zero-order valence-electron chi connectivity index (χ0n) is 58.8. The van der Waals surface area contributed by atoms with Crippen LogP contribution in [0.5, 0.6) is 0 Å². The largest absolute Gasteiger partial charge is 3.00 e. The van der Waals surface area contributed by atoms with Gasteiger partial charge in [0, 0.05) is 24.8 Å². The van der Waals surface area contributed by atoms with Gasteiger partial charge in [-0.25, -0.2) is 5.56 Å². The predicted octanol–water partition coefficient (Wildman–Crippen LogP) is 23.8. The van der Waals surface area contributed by atoms with E-state index in [1.165, 1.54) is 86.0 Å². The van der Waals surface area contributed by atoms with Gasteiger partial charge in [0.1, 0.15) is 11.0 Å². The summed E-state index contributed by atoms with van der Waals surface area (Å²) >= 11 is 0. The van der Waals surface area contributed by atoms with Crippen molar-refractivity contribution in [3.63, 3.8) is 0 Å². The van der Waals surface area contributed by atoms with Crippen LogP contribution in [0, 0.1) is 36.4 Å². The maximum atomic E-state index is 4.93. The summed E-state index contributed by atoms with van der Waals surface area (Å²) in [4.78, 5) is 21.1. The van der Waals surface area contributed by atoms with E-state index in [4.69, 9.17) is 19.9 Å². The summed E-state index contributed by atoms with van der Waals surface area (Å²) in [5, 5.41) is 9.35. The fourth-order valence-electron chi connectivity index (χ4n) is 16.1. The standard InChI is InChI=1S/C58H41N5.C40H32N2.2Ir/c1-3-15-41(16-4-1)55-33-29-43(38-59-55)50-20-8-11-23-53(50)46-35-45(36-47(37-46)54-24-12-9-21-51(54)44-30-34-56(60-39-44)42-17-5-2-6-18-42)52-22-10-7-19-49(52)40-27-31-48(32-28-40)63-61-57-25-13-14-26-58(57)62-63;1-3-12-29(13-4-1)39-24-22-33(27-41-39)37-20-9-7-18-35(37)31-16-11-17-32(26-31)36-19-8-10-21-38(36)34-23-25-40(42-28-34)30-14-5-2-6-15-30;;/h1-15,17,19-30,33-34,38-39,45-47H,35-37H2;1-10,12,14,18-25,27-28,31-32H,11,16-17,26H2;;/q-4;-2;2*+3. The summed E-state index contributed by atoms with van der Waals surface area (Å²) in [6, 6.07) is 126. The van der Waals surface area contributed by atoms with Gasteiger partial charge in [-0.1, -0.05) is 194 Å². The van der Waals surface area contributed by atoms with Crippen LogP contribution in [0.25, 0.3) is 117 Å². The second kappa shape index (κ2) is 33.4. The van der Waals surface area contributed by atoms with Gasteiger partial charge in [0.25, 0.3) is 0 Å². The second-order valence-corrected chi connectivity index (χ2v) is 27.5. The van der Waals surface area contributed by atoms with Crippen molar-refractivity contribution in [3.05, 3.63) is 392 Å². The quantitative estimate of drug-likeness (QED) is 0.0951. The van der Waals surface area contributed by atoms with Crippen LogP contribution in [0.4, 0.5) is 0 Å². The molecule has 9 heteroatoms. The Hall–Kier alpha value is -11.3. The first-order chi connectivity index (χ1) is 52.0. The Morgan fingerprint density at radius 3 is 0.822 bits per heavy atom. The molecule has 2 fully saturated rings. The molecular weight excluding hydrogens is 1660 g/mol. The molecule has 0 N–H and O–H groups in total. The van der Waals surface area contributed by atoms with Gasteiger partial charge in [0.15, 0.2) is 0 Å². The van der Waals surface area contributed by atoms with Crippen molar-refractivity contribution in [1.29, 1.82) is 0 Å². The molecule has 0 aliphatic heterocycles. The van der Waals surface area contributed by atoms with Crippen molar-refractivity contribution in [3.8, 4) is 106 Å². The van der Waals surface area contributed by atoms with E-state index >= 15 is 0 Å².